The maximum absolute atomic E-state index is 13.1. The fourth-order valence-corrected chi connectivity index (χ4v) is 1.71. The number of hydrogen-bond donors (Lipinski definition) is 3. The van der Waals surface area contributed by atoms with Gasteiger partial charge in [-0.05, 0) is 45.4 Å². The molecule has 0 aliphatic heterocycles. The summed E-state index contributed by atoms with van der Waals surface area (Å²) in [6, 6.07) is 2.36. The number of anilines is 1. The van der Waals surface area contributed by atoms with Crippen molar-refractivity contribution in [2.45, 2.75) is 45.3 Å². The van der Waals surface area contributed by atoms with Crippen LogP contribution in [-0.4, -0.2) is 30.3 Å². The number of rotatable bonds is 4. The van der Waals surface area contributed by atoms with E-state index in [1.807, 2.05) is 0 Å². The number of methoxy groups -OCH3 is 1. The van der Waals surface area contributed by atoms with Gasteiger partial charge in [-0.3, -0.25) is 5.32 Å². The van der Waals surface area contributed by atoms with E-state index in [1.54, 1.807) is 20.8 Å². The Labute approximate surface area is 133 Å². The van der Waals surface area contributed by atoms with Gasteiger partial charge in [0.1, 0.15) is 5.60 Å². The maximum Gasteiger partial charge on any atom is 0.412 e. The molecule has 8 heteroatoms. The van der Waals surface area contributed by atoms with Gasteiger partial charge < -0.3 is 20.3 Å². The van der Waals surface area contributed by atoms with Gasteiger partial charge in [0, 0.05) is 0 Å². The highest BCUT2D eigenvalue weighted by Gasteiger charge is 2.34. The molecule has 1 unspecified atom stereocenters. The van der Waals surface area contributed by atoms with Crippen LogP contribution in [0.5, 0.6) is 11.5 Å². The summed E-state index contributed by atoms with van der Waals surface area (Å²) in [4.78, 5) is 11.8. The van der Waals surface area contributed by atoms with E-state index in [0.717, 1.165) is 13.0 Å². The molecule has 130 valence electrons. The number of ether oxygens (including phenoxy) is 2. The quantitative estimate of drug-likeness (QED) is 0.736. The Bertz CT molecular complexity index is 584. The molecule has 0 aromatic heterocycles. The third kappa shape index (κ3) is 4.69. The lowest BCUT2D eigenvalue weighted by Crippen LogP contribution is -2.40. The largest absolute Gasteiger partial charge is 0.503 e. The van der Waals surface area contributed by atoms with Gasteiger partial charge in [0.2, 0.25) is 0 Å². The molecule has 0 bridgehead atoms. The molecule has 1 aromatic rings. The normalized spacial score (nSPS) is 14.3. The van der Waals surface area contributed by atoms with E-state index in [9.17, 15) is 18.7 Å². The zero-order valence-electron chi connectivity index (χ0n) is 13.7. The van der Waals surface area contributed by atoms with E-state index in [0.29, 0.717) is 0 Å². The molecular formula is C15H22F2N2O4. The lowest BCUT2D eigenvalue weighted by Gasteiger charge is -2.26. The molecule has 0 spiro atoms. The van der Waals surface area contributed by atoms with Gasteiger partial charge in [0.05, 0.1) is 18.3 Å². The number of alkyl halides is 2. The Morgan fingerprint density at radius 1 is 1.30 bits per heavy atom. The molecule has 0 radical (unpaired) electrons. The minimum absolute atomic E-state index is 0.00629. The Balaban J connectivity index is 3.24. The van der Waals surface area contributed by atoms with Gasteiger partial charge in [0.15, 0.2) is 11.5 Å². The number of halogens is 2. The van der Waals surface area contributed by atoms with Crippen LogP contribution in [0.2, 0.25) is 0 Å². The highest BCUT2D eigenvalue weighted by molar-refractivity contribution is 5.88. The molecule has 0 saturated carbocycles. The minimum Gasteiger partial charge on any atom is -0.503 e. The SMILES string of the molecule is COc1cc(C(C)(N)C(F)F)cc(NC(=O)OC(C)(C)C)c1O. The molecule has 0 aliphatic rings. The molecule has 1 amide bonds. The number of nitrogens with two attached hydrogens (primary N) is 1. The molecule has 6 nitrogen and oxygen atoms in total. The predicted molar refractivity (Wildman–Crippen MR) is 82.1 cm³/mol. The van der Waals surface area contributed by atoms with E-state index in [-0.39, 0.29) is 17.0 Å². The highest BCUT2D eigenvalue weighted by Crippen LogP contribution is 2.39. The van der Waals surface area contributed by atoms with Crippen molar-refractivity contribution in [1.29, 1.82) is 0 Å². The van der Waals surface area contributed by atoms with Crippen LogP contribution in [0.1, 0.15) is 33.3 Å². The molecule has 1 aromatic carbocycles. The average molecular weight is 332 g/mol. The van der Waals surface area contributed by atoms with Crippen LogP contribution in [0.25, 0.3) is 0 Å². The van der Waals surface area contributed by atoms with E-state index < -0.39 is 29.4 Å². The molecule has 1 atom stereocenters. The van der Waals surface area contributed by atoms with Gasteiger partial charge in [-0.25, -0.2) is 13.6 Å². The van der Waals surface area contributed by atoms with Gasteiger partial charge in [-0.2, -0.15) is 0 Å². The van der Waals surface area contributed by atoms with Crippen LogP contribution in [0.3, 0.4) is 0 Å². The molecule has 4 N–H and O–H groups in total. The smallest absolute Gasteiger partial charge is 0.412 e. The van der Waals surface area contributed by atoms with Crippen LogP contribution < -0.4 is 15.8 Å². The summed E-state index contributed by atoms with van der Waals surface area (Å²) in [6.07, 6.45) is -3.70. The molecule has 0 aliphatic carbocycles. The first kappa shape index (κ1) is 19.0. The fourth-order valence-electron chi connectivity index (χ4n) is 1.71. The van der Waals surface area contributed by atoms with Gasteiger partial charge >= 0.3 is 6.09 Å². The molecule has 0 heterocycles. The summed E-state index contributed by atoms with van der Waals surface area (Å²) in [5.41, 5.74) is 2.75. The number of hydrogen-bond acceptors (Lipinski definition) is 5. The Morgan fingerprint density at radius 2 is 1.87 bits per heavy atom. The molecule has 0 fully saturated rings. The summed E-state index contributed by atoms with van der Waals surface area (Å²) in [5, 5.41) is 12.3. The number of aromatic hydroxyl groups is 1. The van der Waals surface area contributed by atoms with Crippen LogP contribution in [0.4, 0.5) is 19.3 Å². The third-order valence-corrected chi connectivity index (χ3v) is 3.01. The molecule has 0 saturated heterocycles. The van der Waals surface area contributed by atoms with Crippen molar-refractivity contribution < 1.29 is 28.2 Å². The van der Waals surface area contributed by atoms with Crippen molar-refractivity contribution in [2.24, 2.45) is 5.73 Å². The van der Waals surface area contributed by atoms with E-state index in [1.165, 1.54) is 13.2 Å². The van der Waals surface area contributed by atoms with Crippen LogP contribution in [0.15, 0.2) is 12.1 Å². The summed E-state index contributed by atoms with van der Waals surface area (Å²) in [6.45, 7) is 6.13. The van der Waals surface area contributed by atoms with Crippen molar-refractivity contribution in [1.82, 2.24) is 0 Å². The molecule has 23 heavy (non-hydrogen) atoms. The second-order valence-electron chi connectivity index (χ2n) is 6.28. The number of carbonyl (C=O) groups is 1. The van der Waals surface area contributed by atoms with Crippen molar-refractivity contribution >= 4 is 11.8 Å². The van der Waals surface area contributed by atoms with Gasteiger partial charge in [0.25, 0.3) is 6.43 Å². The minimum atomic E-state index is -2.86. The molecule has 1 rings (SSSR count). The number of carbonyl (C=O) groups excluding carboxylic acids is 1. The Kier molecular flexibility index (Phi) is 5.42. The number of nitrogens with one attached hydrogen (secondary N) is 1. The number of phenols is 1. The number of amides is 1. The Morgan fingerprint density at radius 3 is 2.30 bits per heavy atom. The average Bonchev–Trinajstić information content (AvgIpc) is 2.38. The predicted octanol–water partition coefficient (Wildman–Crippen LogP) is 3.19. The van der Waals surface area contributed by atoms with Crippen molar-refractivity contribution in [3.63, 3.8) is 0 Å². The lowest BCUT2D eigenvalue weighted by molar-refractivity contribution is 0.0624. The molecular weight excluding hydrogens is 310 g/mol. The summed E-state index contributed by atoms with van der Waals surface area (Å²) in [7, 11) is 1.26. The summed E-state index contributed by atoms with van der Waals surface area (Å²) in [5.74, 6) is -0.502. The Hall–Kier alpha value is -2.09. The van der Waals surface area contributed by atoms with Crippen molar-refractivity contribution in [3.8, 4) is 11.5 Å². The second-order valence-corrected chi connectivity index (χ2v) is 6.28. The first-order chi connectivity index (χ1) is 10.4. The summed E-state index contributed by atoms with van der Waals surface area (Å²) >= 11 is 0. The second kappa shape index (κ2) is 6.57. The third-order valence-electron chi connectivity index (χ3n) is 3.01. The number of phenolic OH excluding ortho intramolecular Hbond substituents is 1. The number of benzene rings is 1. The highest BCUT2D eigenvalue weighted by atomic mass is 19.3. The van der Waals surface area contributed by atoms with Crippen molar-refractivity contribution in [2.75, 3.05) is 12.4 Å². The van der Waals surface area contributed by atoms with Crippen molar-refractivity contribution in [3.05, 3.63) is 17.7 Å². The standard InChI is InChI=1S/C15H22F2N2O4/c1-14(2,3)23-13(21)19-9-6-8(15(4,18)12(16)17)7-10(22-5)11(9)20/h6-7,12,20H,18H2,1-5H3,(H,19,21). The first-order valence-corrected chi connectivity index (χ1v) is 6.87. The van der Waals surface area contributed by atoms with E-state index in [4.69, 9.17) is 15.2 Å². The van der Waals surface area contributed by atoms with Crippen LogP contribution >= 0.6 is 0 Å². The van der Waals surface area contributed by atoms with E-state index in [2.05, 4.69) is 5.32 Å². The maximum atomic E-state index is 13.1. The van der Waals surface area contributed by atoms with Crippen LogP contribution in [0, 0.1) is 0 Å². The van der Waals surface area contributed by atoms with Gasteiger partial charge in [-0.1, -0.05) is 0 Å². The monoisotopic (exact) mass is 332 g/mol. The van der Waals surface area contributed by atoms with Gasteiger partial charge in [-0.15, -0.1) is 0 Å². The van der Waals surface area contributed by atoms with Crippen LogP contribution in [-0.2, 0) is 10.3 Å². The lowest BCUT2D eigenvalue weighted by atomic mass is 9.92. The zero-order valence-corrected chi connectivity index (χ0v) is 13.7. The topological polar surface area (TPSA) is 93.8 Å². The fraction of sp³-hybridized carbons (Fsp3) is 0.533. The van der Waals surface area contributed by atoms with E-state index >= 15 is 0 Å². The summed E-state index contributed by atoms with van der Waals surface area (Å²) < 4.78 is 36.2. The first-order valence-electron chi connectivity index (χ1n) is 6.87. The zero-order chi connectivity index (χ0) is 18.0.